The highest BCUT2D eigenvalue weighted by Crippen LogP contribution is 2.43. The van der Waals surface area contributed by atoms with Gasteiger partial charge in [-0.2, -0.15) is 16.7 Å². The highest BCUT2D eigenvalue weighted by molar-refractivity contribution is 8.06. The van der Waals surface area contributed by atoms with Gasteiger partial charge in [0, 0.05) is 23.3 Å². The molecule has 0 radical (unpaired) electrons. The zero-order valence-corrected chi connectivity index (χ0v) is 12.9. The molecule has 0 aromatic carbocycles. The van der Waals surface area contributed by atoms with Crippen molar-refractivity contribution in [2.45, 2.75) is 29.9 Å². The van der Waals surface area contributed by atoms with E-state index >= 15 is 0 Å². The van der Waals surface area contributed by atoms with E-state index in [1.165, 1.54) is 5.75 Å². The predicted octanol–water partition coefficient (Wildman–Crippen LogP) is 1.13. The third-order valence-corrected chi connectivity index (χ3v) is 6.72. The Labute approximate surface area is 126 Å². The molecule has 3 atom stereocenters. The van der Waals surface area contributed by atoms with Crippen LogP contribution >= 0.6 is 23.5 Å². The van der Waals surface area contributed by atoms with Crippen LogP contribution in [0.25, 0.3) is 0 Å². The third kappa shape index (κ3) is 2.96. The topological polar surface area (TPSA) is 80.0 Å². The Morgan fingerprint density at radius 1 is 1.40 bits per heavy atom. The molecule has 2 N–H and O–H groups in total. The summed E-state index contributed by atoms with van der Waals surface area (Å²) in [6, 6.07) is -0.0738. The van der Waals surface area contributed by atoms with Crippen LogP contribution in [-0.4, -0.2) is 45.9 Å². The van der Waals surface area contributed by atoms with Crippen molar-refractivity contribution >= 4 is 29.4 Å². The van der Waals surface area contributed by atoms with E-state index in [0.717, 1.165) is 18.0 Å². The van der Waals surface area contributed by atoms with E-state index in [2.05, 4.69) is 27.7 Å². The molecule has 0 spiro atoms. The zero-order chi connectivity index (χ0) is 13.9. The zero-order valence-electron chi connectivity index (χ0n) is 11.3. The molecule has 2 aliphatic rings. The minimum Gasteiger partial charge on any atom is -0.353 e. The van der Waals surface area contributed by atoms with Gasteiger partial charge in [-0.3, -0.25) is 10.1 Å². The quantitative estimate of drug-likeness (QED) is 0.865. The van der Waals surface area contributed by atoms with Crippen molar-refractivity contribution in [2.75, 3.05) is 24.6 Å². The minimum absolute atomic E-state index is 0.00581. The highest BCUT2D eigenvalue weighted by Gasteiger charge is 2.32. The number of hydrogen-bond donors (Lipinski definition) is 2. The summed E-state index contributed by atoms with van der Waals surface area (Å²) in [6.07, 6.45) is 1.12. The fourth-order valence-corrected chi connectivity index (χ4v) is 5.37. The lowest BCUT2D eigenvalue weighted by Crippen LogP contribution is -2.47. The van der Waals surface area contributed by atoms with E-state index in [1.807, 2.05) is 23.5 Å². The van der Waals surface area contributed by atoms with Crippen LogP contribution in [0.15, 0.2) is 4.52 Å². The molecule has 2 aliphatic heterocycles. The van der Waals surface area contributed by atoms with Gasteiger partial charge in [0.15, 0.2) is 5.82 Å². The molecule has 1 aromatic heterocycles. The summed E-state index contributed by atoms with van der Waals surface area (Å²) < 4.78 is 5.39. The first-order valence-electron chi connectivity index (χ1n) is 6.84. The minimum atomic E-state index is -0.0738. The van der Waals surface area contributed by atoms with Crippen LogP contribution in [0.3, 0.4) is 0 Å². The first-order valence-corrected chi connectivity index (χ1v) is 8.94. The molecule has 2 saturated heterocycles. The lowest BCUT2D eigenvalue weighted by molar-refractivity contribution is -0.121. The second kappa shape index (κ2) is 6.36. The molecule has 0 saturated carbocycles. The Morgan fingerprint density at radius 2 is 2.25 bits per heavy atom. The lowest BCUT2D eigenvalue weighted by Gasteiger charge is -2.27. The summed E-state index contributed by atoms with van der Waals surface area (Å²) in [5.74, 6) is 3.70. The second-order valence-electron chi connectivity index (χ2n) is 4.84. The first-order chi connectivity index (χ1) is 9.78. The average molecular weight is 314 g/mol. The summed E-state index contributed by atoms with van der Waals surface area (Å²) >= 11 is 3.91. The average Bonchev–Trinajstić information content (AvgIpc) is 2.97. The van der Waals surface area contributed by atoms with E-state index in [0.29, 0.717) is 29.5 Å². The van der Waals surface area contributed by atoms with Gasteiger partial charge in [-0.05, 0) is 6.42 Å². The molecule has 3 unspecified atom stereocenters. The maximum Gasteiger partial charge on any atom is 0.245 e. The van der Waals surface area contributed by atoms with Gasteiger partial charge in [0.05, 0.1) is 11.8 Å². The fraction of sp³-hybridized carbons (Fsp3) is 0.750. The van der Waals surface area contributed by atoms with Crippen molar-refractivity contribution in [3.05, 3.63) is 11.7 Å². The van der Waals surface area contributed by atoms with Crippen molar-refractivity contribution in [3.8, 4) is 0 Å². The molecule has 1 aromatic rings. The molecular weight excluding hydrogens is 296 g/mol. The molecule has 3 rings (SSSR count). The molecule has 20 heavy (non-hydrogen) atoms. The fourth-order valence-electron chi connectivity index (χ4n) is 2.39. The van der Waals surface area contributed by atoms with Gasteiger partial charge in [0.2, 0.25) is 11.8 Å². The van der Waals surface area contributed by atoms with Gasteiger partial charge in [-0.1, -0.05) is 12.1 Å². The number of carbonyl (C=O) groups is 1. The van der Waals surface area contributed by atoms with Crippen molar-refractivity contribution in [1.82, 2.24) is 20.8 Å². The van der Waals surface area contributed by atoms with Crippen LogP contribution < -0.4 is 10.6 Å². The van der Waals surface area contributed by atoms with Crippen LogP contribution in [-0.2, 0) is 4.79 Å². The van der Waals surface area contributed by atoms with Gasteiger partial charge in [-0.25, -0.2) is 0 Å². The highest BCUT2D eigenvalue weighted by atomic mass is 32.2. The number of nitrogens with zero attached hydrogens (tertiary/aromatic N) is 2. The SMILES string of the molecule is CCC1SCCSC1c1noc(C2CNC(=O)CN2)n1. The van der Waals surface area contributed by atoms with E-state index in [-0.39, 0.29) is 11.9 Å². The van der Waals surface area contributed by atoms with E-state index in [1.54, 1.807) is 0 Å². The van der Waals surface area contributed by atoms with Gasteiger partial charge < -0.3 is 9.84 Å². The number of rotatable bonds is 3. The molecule has 2 fully saturated rings. The Balaban J connectivity index is 1.71. The molecule has 0 bridgehead atoms. The summed E-state index contributed by atoms with van der Waals surface area (Å²) in [4.78, 5) is 15.7. The summed E-state index contributed by atoms with van der Waals surface area (Å²) in [7, 11) is 0. The Bertz CT molecular complexity index is 472. The summed E-state index contributed by atoms with van der Waals surface area (Å²) in [6.45, 7) is 3.01. The van der Waals surface area contributed by atoms with Gasteiger partial charge in [0.1, 0.15) is 6.04 Å². The normalized spacial score (nSPS) is 31.1. The molecule has 110 valence electrons. The largest absolute Gasteiger partial charge is 0.353 e. The van der Waals surface area contributed by atoms with Crippen LogP contribution in [0.2, 0.25) is 0 Å². The van der Waals surface area contributed by atoms with Crippen LogP contribution in [0, 0.1) is 0 Å². The standard InChI is InChI=1S/C12H18N4O2S2/c1-2-8-10(20-4-3-19-8)11-15-12(18-16-11)7-5-14-9(17)6-13-7/h7-8,10,13H,2-6H2,1H3,(H,14,17). The lowest BCUT2D eigenvalue weighted by atomic mass is 10.2. The maximum atomic E-state index is 11.1. The number of carbonyl (C=O) groups excluding carboxylic acids is 1. The number of piperazine rings is 1. The Kier molecular flexibility index (Phi) is 4.52. The van der Waals surface area contributed by atoms with E-state index < -0.39 is 0 Å². The van der Waals surface area contributed by atoms with Crippen molar-refractivity contribution in [3.63, 3.8) is 0 Å². The van der Waals surface area contributed by atoms with Crippen LogP contribution in [0.1, 0.15) is 36.4 Å². The van der Waals surface area contributed by atoms with Gasteiger partial charge in [0.25, 0.3) is 0 Å². The maximum absolute atomic E-state index is 11.1. The van der Waals surface area contributed by atoms with Gasteiger partial charge in [-0.15, -0.1) is 11.8 Å². The number of amides is 1. The van der Waals surface area contributed by atoms with Gasteiger partial charge >= 0.3 is 0 Å². The number of nitrogens with one attached hydrogen (secondary N) is 2. The third-order valence-electron chi connectivity index (χ3n) is 3.48. The van der Waals surface area contributed by atoms with Crippen molar-refractivity contribution in [1.29, 1.82) is 0 Å². The Morgan fingerprint density at radius 3 is 3.00 bits per heavy atom. The van der Waals surface area contributed by atoms with Crippen LogP contribution in [0.4, 0.5) is 0 Å². The molecule has 1 amide bonds. The smallest absolute Gasteiger partial charge is 0.245 e. The van der Waals surface area contributed by atoms with Crippen molar-refractivity contribution in [2.24, 2.45) is 0 Å². The summed E-state index contributed by atoms with van der Waals surface area (Å²) in [5, 5.41) is 10.9. The molecule has 3 heterocycles. The Hall–Kier alpha value is -0.730. The monoisotopic (exact) mass is 314 g/mol. The van der Waals surface area contributed by atoms with E-state index in [9.17, 15) is 4.79 Å². The van der Waals surface area contributed by atoms with Crippen LogP contribution in [0.5, 0.6) is 0 Å². The number of hydrogen-bond acceptors (Lipinski definition) is 7. The first kappa shape index (κ1) is 14.2. The number of thioether (sulfide) groups is 2. The molecular formula is C12H18N4O2S2. The van der Waals surface area contributed by atoms with E-state index in [4.69, 9.17) is 4.52 Å². The second-order valence-corrected chi connectivity index (χ2v) is 7.43. The predicted molar refractivity (Wildman–Crippen MR) is 79.8 cm³/mol. The summed E-state index contributed by atoms with van der Waals surface area (Å²) in [5.41, 5.74) is 0. The number of aromatic nitrogens is 2. The molecule has 8 heteroatoms. The molecule has 6 nitrogen and oxygen atoms in total. The van der Waals surface area contributed by atoms with Crippen molar-refractivity contribution < 1.29 is 9.32 Å². The molecule has 0 aliphatic carbocycles.